The minimum atomic E-state index is -1.55. The van der Waals surface area contributed by atoms with Crippen molar-refractivity contribution < 1.29 is 14.3 Å². The molecule has 1 amide bonds. The van der Waals surface area contributed by atoms with Crippen LogP contribution in [-0.4, -0.2) is 39.3 Å². The number of hydrogen-bond acceptors (Lipinski definition) is 3. The third-order valence-electron chi connectivity index (χ3n) is 6.10. The quantitative estimate of drug-likeness (QED) is 0.476. The highest BCUT2D eigenvalue weighted by atomic mass is 19.1. The Morgan fingerprint density at radius 1 is 1.19 bits per heavy atom. The van der Waals surface area contributed by atoms with Crippen LogP contribution in [0.1, 0.15) is 64.3 Å². The number of amides is 1. The average molecular weight is 440 g/mol. The number of nitrogens with zero attached hydrogens (tertiary/aromatic N) is 1. The fourth-order valence-electron chi connectivity index (χ4n) is 3.91. The first kappa shape index (κ1) is 23.9. The number of benzene rings is 1. The molecule has 0 aliphatic heterocycles. The number of alkyl halides is 1. The molecule has 0 saturated heterocycles. The number of aromatic nitrogens is 2. The van der Waals surface area contributed by atoms with E-state index in [-0.39, 0.29) is 18.4 Å². The van der Waals surface area contributed by atoms with Crippen molar-refractivity contribution in [3.63, 3.8) is 0 Å². The lowest BCUT2D eigenvalue weighted by atomic mass is 9.82. The van der Waals surface area contributed by atoms with E-state index in [1.54, 1.807) is 0 Å². The molecular formula is C26H34FN3O2. The van der Waals surface area contributed by atoms with Gasteiger partial charge >= 0.3 is 0 Å². The highest BCUT2D eigenvalue weighted by Gasteiger charge is 2.33. The zero-order valence-electron chi connectivity index (χ0n) is 20.0. The second-order valence-electron chi connectivity index (χ2n) is 9.97. The van der Waals surface area contributed by atoms with Crippen LogP contribution in [0.3, 0.4) is 0 Å². The molecule has 2 heterocycles. The molecule has 2 aromatic heterocycles. The number of carbonyl (C=O) groups excluding carboxylic acids is 1. The van der Waals surface area contributed by atoms with Crippen molar-refractivity contribution >= 4 is 16.8 Å². The maximum Gasteiger partial charge on any atom is 0.230 e. The van der Waals surface area contributed by atoms with Gasteiger partial charge in [0, 0.05) is 28.4 Å². The molecule has 0 aliphatic rings. The van der Waals surface area contributed by atoms with E-state index < -0.39 is 17.2 Å². The van der Waals surface area contributed by atoms with Crippen molar-refractivity contribution in [3.05, 3.63) is 53.3 Å². The summed E-state index contributed by atoms with van der Waals surface area (Å²) in [6.07, 6.45) is 0.263. The van der Waals surface area contributed by atoms with E-state index in [0.29, 0.717) is 0 Å². The molecule has 5 nitrogen and oxygen atoms in total. The number of hydrogen-bond donors (Lipinski definition) is 3. The first-order chi connectivity index (χ1) is 14.8. The summed E-state index contributed by atoms with van der Waals surface area (Å²) >= 11 is 0. The van der Waals surface area contributed by atoms with E-state index in [1.165, 1.54) is 19.4 Å². The first-order valence-corrected chi connectivity index (χ1v) is 11.1. The van der Waals surface area contributed by atoms with Gasteiger partial charge in [-0.15, -0.1) is 0 Å². The normalized spacial score (nSPS) is 13.6. The highest BCUT2D eigenvalue weighted by molar-refractivity contribution is 5.94. The third kappa shape index (κ3) is 4.70. The Balaban J connectivity index is 1.99. The number of fused-ring (bicyclic) bond motifs is 1. The number of rotatable bonds is 7. The van der Waals surface area contributed by atoms with Crippen molar-refractivity contribution in [2.45, 2.75) is 71.6 Å². The number of pyridine rings is 1. The summed E-state index contributed by atoms with van der Waals surface area (Å²) in [4.78, 5) is 20.8. The molecule has 3 rings (SSSR count). The summed E-state index contributed by atoms with van der Waals surface area (Å²) in [5.74, 6) is -0.0196. The largest absolute Gasteiger partial charge is 0.387 e. The van der Waals surface area contributed by atoms with Crippen molar-refractivity contribution in [2.24, 2.45) is 0 Å². The molecule has 3 aromatic rings. The number of aliphatic hydroxyl groups is 1. The molecule has 32 heavy (non-hydrogen) atoms. The van der Waals surface area contributed by atoms with Crippen LogP contribution in [0.5, 0.6) is 0 Å². The molecule has 0 aliphatic carbocycles. The van der Waals surface area contributed by atoms with Crippen molar-refractivity contribution in [1.82, 2.24) is 15.3 Å². The lowest BCUT2D eigenvalue weighted by Gasteiger charge is -2.27. The lowest BCUT2D eigenvalue weighted by molar-refractivity contribution is -0.126. The zero-order valence-corrected chi connectivity index (χ0v) is 20.0. The third-order valence-corrected chi connectivity index (χ3v) is 6.10. The van der Waals surface area contributed by atoms with Gasteiger partial charge in [0.2, 0.25) is 5.91 Å². The van der Waals surface area contributed by atoms with Crippen LogP contribution >= 0.6 is 0 Å². The Labute approximate surface area is 189 Å². The second kappa shape index (κ2) is 8.66. The lowest BCUT2D eigenvalue weighted by Crippen LogP contribution is -2.47. The molecule has 172 valence electrons. The molecule has 0 unspecified atom stereocenters. The van der Waals surface area contributed by atoms with Gasteiger partial charge in [-0.25, -0.2) is 4.39 Å². The number of carbonyl (C=O) groups is 1. The summed E-state index contributed by atoms with van der Waals surface area (Å²) in [6, 6.07) is 10.1. The van der Waals surface area contributed by atoms with Gasteiger partial charge in [-0.05, 0) is 75.9 Å². The van der Waals surface area contributed by atoms with E-state index in [4.69, 9.17) is 0 Å². The van der Waals surface area contributed by atoms with Gasteiger partial charge in [0.15, 0.2) is 0 Å². The predicted molar refractivity (Wildman–Crippen MR) is 128 cm³/mol. The van der Waals surface area contributed by atoms with Gasteiger partial charge in [-0.3, -0.25) is 9.78 Å². The molecule has 1 atom stereocenters. The standard InChI is InChI=1S/C26H34FN3O2/c1-15(2)22-19-13-18(25(4,5)24(31)29-14-21(27)26(6,7)32)8-9-20(19)30-23(22)17-10-11-28-16(3)12-17/h8-13,15,21,30,32H,14H2,1-7H3,(H,29,31)/t21-/m1/s1. The summed E-state index contributed by atoms with van der Waals surface area (Å²) in [7, 11) is 0. The second-order valence-corrected chi connectivity index (χ2v) is 9.97. The summed E-state index contributed by atoms with van der Waals surface area (Å²) < 4.78 is 14.1. The zero-order chi connectivity index (χ0) is 23.8. The van der Waals surface area contributed by atoms with Gasteiger partial charge in [0.05, 0.1) is 23.3 Å². The van der Waals surface area contributed by atoms with Crippen LogP contribution in [0.15, 0.2) is 36.5 Å². The van der Waals surface area contributed by atoms with E-state index in [0.717, 1.165) is 33.4 Å². The van der Waals surface area contributed by atoms with Gasteiger partial charge in [0.1, 0.15) is 6.17 Å². The van der Waals surface area contributed by atoms with Gasteiger partial charge in [-0.2, -0.15) is 0 Å². The number of halogens is 1. The van der Waals surface area contributed by atoms with Gasteiger partial charge in [-0.1, -0.05) is 19.9 Å². The monoisotopic (exact) mass is 439 g/mol. The smallest absolute Gasteiger partial charge is 0.230 e. The van der Waals surface area contributed by atoms with Crippen molar-refractivity contribution in [2.75, 3.05) is 6.54 Å². The summed E-state index contributed by atoms with van der Waals surface area (Å²) in [5.41, 5.74) is 3.76. The number of aryl methyl sites for hydroxylation is 1. The minimum Gasteiger partial charge on any atom is -0.387 e. The molecule has 0 saturated carbocycles. The van der Waals surface area contributed by atoms with Gasteiger partial charge in [0.25, 0.3) is 0 Å². The first-order valence-electron chi connectivity index (χ1n) is 11.1. The Kier molecular flexibility index (Phi) is 6.47. The minimum absolute atomic E-state index is 0.235. The molecule has 0 fully saturated rings. The maximum absolute atomic E-state index is 14.1. The fraction of sp³-hybridized carbons (Fsp3) is 0.462. The molecule has 6 heteroatoms. The van der Waals surface area contributed by atoms with Crippen LogP contribution in [0.4, 0.5) is 4.39 Å². The number of aromatic amines is 1. The van der Waals surface area contributed by atoms with E-state index in [1.807, 2.05) is 45.2 Å². The van der Waals surface area contributed by atoms with Gasteiger partial charge < -0.3 is 15.4 Å². The molecule has 1 aromatic carbocycles. The maximum atomic E-state index is 14.1. The Morgan fingerprint density at radius 3 is 2.47 bits per heavy atom. The predicted octanol–water partition coefficient (Wildman–Crippen LogP) is 5.16. The Morgan fingerprint density at radius 2 is 1.88 bits per heavy atom. The van der Waals surface area contributed by atoms with E-state index >= 15 is 0 Å². The van der Waals surface area contributed by atoms with Crippen LogP contribution in [0.25, 0.3) is 22.2 Å². The molecule has 0 bridgehead atoms. The summed E-state index contributed by atoms with van der Waals surface area (Å²) in [5, 5.41) is 13.5. The molecule has 0 radical (unpaired) electrons. The Hall–Kier alpha value is -2.73. The molecular weight excluding hydrogens is 405 g/mol. The van der Waals surface area contributed by atoms with Crippen LogP contribution in [-0.2, 0) is 10.2 Å². The van der Waals surface area contributed by atoms with Crippen LogP contribution < -0.4 is 5.32 Å². The fourth-order valence-corrected chi connectivity index (χ4v) is 3.91. The highest BCUT2D eigenvalue weighted by Crippen LogP contribution is 2.37. The SMILES string of the molecule is Cc1cc(-c2[nH]c3ccc(C(C)(C)C(=O)NC[C@@H](F)C(C)(C)O)cc3c2C(C)C)ccn1. The topological polar surface area (TPSA) is 78.0 Å². The number of H-pyrrole nitrogens is 1. The number of nitrogens with one attached hydrogen (secondary N) is 2. The molecule has 3 N–H and O–H groups in total. The summed E-state index contributed by atoms with van der Waals surface area (Å²) in [6.45, 7) is 12.5. The molecule has 0 spiro atoms. The van der Waals surface area contributed by atoms with Crippen molar-refractivity contribution in [1.29, 1.82) is 0 Å². The van der Waals surface area contributed by atoms with Crippen LogP contribution in [0.2, 0.25) is 0 Å². The Bertz CT molecular complexity index is 1130. The van der Waals surface area contributed by atoms with Crippen LogP contribution in [0, 0.1) is 6.92 Å². The van der Waals surface area contributed by atoms with E-state index in [9.17, 15) is 14.3 Å². The average Bonchev–Trinajstić information content (AvgIpc) is 3.10. The van der Waals surface area contributed by atoms with E-state index in [2.05, 4.69) is 41.3 Å². The van der Waals surface area contributed by atoms with Crippen molar-refractivity contribution in [3.8, 4) is 11.3 Å².